The number of benzene rings is 5. The van der Waals surface area contributed by atoms with Gasteiger partial charge in [0.2, 0.25) is 0 Å². The number of nitrogens with zero attached hydrogens (tertiary/aromatic N) is 2. The lowest BCUT2D eigenvalue weighted by Gasteiger charge is -2.39. The lowest BCUT2D eigenvalue weighted by molar-refractivity contribution is -0.0994. The van der Waals surface area contributed by atoms with Crippen LogP contribution in [0.25, 0.3) is 0 Å². The second kappa shape index (κ2) is 15.7. The molecule has 1 fully saturated rings. The van der Waals surface area contributed by atoms with Gasteiger partial charge in [-0.15, -0.1) is 0 Å². The number of aromatic nitrogens is 2. The Labute approximate surface area is 308 Å². The zero-order valence-corrected chi connectivity index (χ0v) is 29.7. The molecule has 1 aliphatic heterocycles. The quantitative estimate of drug-likeness (QED) is 0.116. The van der Waals surface area contributed by atoms with Crippen molar-refractivity contribution in [2.45, 2.75) is 37.4 Å². The van der Waals surface area contributed by atoms with E-state index in [0.717, 1.165) is 33.7 Å². The fourth-order valence-electron chi connectivity index (χ4n) is 6.68. The first kappa shape index (κ1) is 35.5. The highest BCUT2D eigenvalue weighted by molar-refractivity contribution is 5.59. The van der Waals surface area contributed by atoms with E-state index >= 15 is 0 Å². The molecular weight excluding hydrogens is 670 g/mol. The van der Waals surface area contributed by atoms with Crippen molar-refractivity contribution in [2.24, 2.45) is 0 Å². The molecule has 0 aliphatic carbocycles. The number of rotatable bonds is 13. The topological polar surface area (TPSA) is 113 Å². The van der Waals surface area contributed by atoms with Gasteiger partial charge in [-0.2, -0.15) is 4.98 Å². The summed E-state index contributed by atoms with van der Waals surface area (Å²) in [7, 11) is 3.25. The predicted molar refractivity (Wildman–Crippen MR) is 202 cm³/mol. The van der Waals surface area contributed by atoms with Crippen LogP contribution in [0.15, 0.2) is 144 Å². The van der Waals surface area contributed by atoms with Crippen molar-refractivity contribution < 1.29 is 28.8 Å². The Balaban J connectivity index is 1.18. The molecule has 5 aromatic carbocycles. The summed E-state index contributed by atoms with van der Waals surface area (Å²) in [5.74, 6) is 3.27. The Bertz CT molecular complexity index is 2110. The van der Waals surface area contributed by atoms with Gasteiger partial charge in [-0.05, 0) is 84.3 Å². The Morgan fingerprint density at radius 2 is 1.28 bits per heavy atom. The highest BCUT2D eigenvalue weighted by atomic mass is 16.6. The zero-order valence-electron chi connectivity index (χ0n) is 29.7. The molecule has 2 N–H and O–H groups in total. The second-order valence-electron chi connectivity index (χ2n) is 12.7. The second-order valence-corrected chi connectivity index (χ2v) is 12.7. The number of methoxy groups -OCH3 is 2. The van der Waals surface area contributed by atoms with Crippen molar-refractivity contribution in [1.29, 1.82) is 0 Å². The fourth-order valence-corrected chi connectivity index (χ4v) is 6.68. The van der Waals surface area contributed by atoms with E-state index in [-0.39, 0.29) is 13.0 Å². The highest BCUT2D eigenvalue weighted by Gasteiger charge is 2.46. The van der Waals surface area contributed by atoms with E-state index in [1.165, 1.54) is 4.57 Å². The minimum Gasteiger partial charge on any atom is -0.497 e. The van der Waals surface area contributed by atoms with E-state index < -0.39 is 29.7 Å². The number of nitrogens with one attached hydrogen (secondary N) is 1. The average molecular weight is 712 g/mol. The van der Waals surface area contributed by atoms with E-state index in [1.54, 1.807) is 20.4 Å². The van der Waals surface area contributed by atoms with E-state index in [1.807, 2.05) is 140 Å². The predicted octanol–water partition coefficient (Wildman–Crippen LogP) is 7.76. The molecule has 1 aromatic heterocycles. The molecule has 0 spiro atoms. The Morgan fingerprint density at radius 1 is 0.755 bits per heavy atom. The molecular formula is C43H41N3O7. The first-order chi connectivity index (χ1) is 25.9. The number of hydrogen-bond donors (Lipinski definition) is 2. The van der Waals surface area contributed by atoms with Crippen molar-refractivity contribution in [3.05, 3.63) is 172 Å². The molecule has 0 bridgehead atoms. The summed E-state index contributed by atoms with van der Waals surface area (Å²) < 4.78 is 32.0. The minimum absolute atomic E-state index is 0.281. The molecule has 53 heavy (non-hydrogen) atoms. The van der Waals surface area contributed by atoms with Gasteiger partial charge in [0, 0.05) is 23.9 Å². The van der Waals surface area contributed by atoms with E-state index in [9.17, 15) is 9.90 Å². The zero-order chi connectivity index (χ0) is 36.8. The van der Waals surface area contributed by atoms with Crippen molar-refractivity contribution >= 4 is 11.5 Å². The largest absolute Gasteiger partial charge is 0.497 e. The maximum atomic E-state index is 13.6. The molecule has 0 unspecified atom stereocenters. The lowest BCUT2D eigenvalue weighted by atomic mass is 9.79. The first-order valence-electron chi connectivity index (χ1n) is 17.4. The van der Waals surface area contributed by atoms with Gasteiger partial charge in [0.1, 0.15) is 46.7 Å². The maximum Gasteiger partial charge on any atom is 0.351 e. The SMILES string of the molecule is COc1ccc(C(O[C@H]2C[C@@H](n3cc(C)c(Nc4ccc(Oc5ccccc5)cc4)nc3=O)O[C@@H]2CO)(c2ccccc2)c2ccc(OC)cc2)cc1. The molecule has 0 saturated carbocycles. The van der Waals surface area contributed by atoms with Crippen molar-refractivity contribution in [3.8, 4) is 23.0 Å². The molecule has 3 atom stereocenters. The smallest absolute Gasteiger partial charge is 0.351 e. The number of anilines is 2. The lowest BCUT2D eigenvalue weighted by Crippen LogP contribution is -2.40. The van der Waals surface area contributed by atoms with Crippen LogP contribution < -0.4 is 25.2 Å². The van der Waals surface area contributed by atoms with E-state index in [4.69, 9.17) is 23.7 Å². The third-order valence-electron chi connectivity index (χ3n) is 9.40. The third kappa shape index (κ3) is 7.52. The Hall–Kier alpha value is -5.94. The van der Waals surface area contributed by atoms with Crippen molar-refractivity contribution in [2.75, 3.05) is 26.1 Å². The normalized spacial score (nSPS) is 16.9. The van der Waals surface area contributed by atoms with E-state index in [2.05, 4.69) is 10.3 Å². The molecule has 270 valence electrons. The van der Waals surface area contributed by atoms with Crippen LogP contribution in [-0.2, 0) is 15.1 Å². The molecule has 6 aromatic rings. The molecule has 1 aliphatic rings. The summed E-state index contributed by atoms with van der Waals surface area (Å²) in [5.41, 5.74) is 2.42. The van der Waals surface area contributed by atoms with E-state index in [0.29, 0.717) is 23.1 Å². The van der Waals surface area contributed by atoms with Crippen LogP contribution in [0, 0.1) is 6.92 Å². The van der Waals surface area contributed by atoms with Gasteiger partial charge in [-0.3, -0.25) is 4.57 Å². The molecule has 2 heterocycles. The van der Waals surface area contributed by atoms with Gasteiger partial charge in [-0.25, -0.2) is 4.79 Å². The minimum atomic E-state index is -1.13. The Kier molecular flexibility index (Phi) is 10.5. The van der Waals surface area contributed by atoms with Crippen LogP contribution in [0.1, 0.15) is 34.9 Å². The summed E-state index contributed by atoms with van der Waals surface area (Å²) >= 11 is 0. The molecule has 10 nitrogen and oxygen atoms in total. The molecule has 7 rings (SSSR count). The van der Waals surface area contributed by atoms with Crippen LogP contribution >= 0.6 is 0 Å². The Morgan fingerprint density at radius 3 is 1.85 bits per heavy atom. The van der Waals surface area contributed by atoms with Gasteiger partial charge >= 0.3 is 5.69 Å². The number of ether oxygens (including phenoxy) is 5. The van der Waals surface area contributed by atoms with Gasteiger partial charge in [0.25, 0.3) is 0 Å². The summed E-state index contributed by atoms with van der Waals surface area (Å²) in [5, 5.41) is 13.9. The molecule has 0 radical (unpaired) electrons. The fraction of sp³-hybridized carbons (Fsp3) is 0.209. The monoisotopic (exact) mass is 711 g/mol. The summed E-state index contributed by atoms with van der Waals surface area (Å²) in [6.45, 7) is 1.56. The highest BCUT2D eigenvalue weighted by Crippen LogP contribution is 2.45. The van der Waals surface area contributed by atoms with Gasteiger partial charge < -0.3 is 34.1 Å². The van der Waals surface area contributed by atoms with Crippen LogP contribution in [0.5, 0.6) is 23.0 Å². The van der Waals surface area contributed by atoms with Crippen LogP contribution in [0.4, 0.5) is 11.5 Å². The standard InChI is InChI=1S/C43H41N3O7/c1-29-27-46(42(48)45-41(29)44-33-18-24-37(25-19-33)51-36-12-8-5-9-13-36)40-26-38(39(28-47)52-40)53-43(30-10-6-4-7-11-30,31-14-20-34(49-2)21-15-31)32-16-22-35(50-3)23-17-32/h4-25,27,38-40,47H,26,28H2,1-3H3,(H,44,45,48)/t38-,39+,40-/m0/s1. The summed E-state index contributed by atoms with van der Waals surface area (Å²) in [4.78, 5) is 18.0. The van der Waals surface area contributed by atoms with Gasteiger partial charge in [0.15, 0.2) is 0 Å². The van der Waals surface area contributed by atoms with Crippen molar-refractivity contribution in [3.63, 3.8) is 0 Å². The molecule has 10 heteroatoms. The maximum absolute atomic E-state index is 13.6. The number of hydrogen-bond acceptors (Lipinski definition) is 9. The molecule has 0 amide bonds. The van der Waals surface area contributed by atoms with Crippen LogP contribution in [-0.4, -0.2) is 47.7 Å². The number of para-hydroxylation sites is 1. The van der Waals surface area contributed by atoms with Gasteiger partial charge in [-0.1, -0.05) is 72.8 Å². The van der Waals surface area contributed by atoms with Gasteiger partial charge in [0.05, 0.1) is 26.9 Å². The van der Waals surface area contributed by atoms with Crippen LogP contribution in [0.2, 0.25) is 0 Å². The number of aliphatic hydroxyl groups is 1. The summed E-state index contributed by atoms with van der Waals surface area (Å²) in [6, 6.07) is 42.4. The average Bonchev–Trinajstić information content (AvgIpc) is 3.62. The van der Waals surface area contributed by atoms with Crippen molar-refractivity contribution in [1.82, 2.24) is 9.55 Å². The molecule has 1 saturated heterocycles. The van der Waals surface area contributed by atoms with Crippen LogP contribution in [0.3, 0.4) is 0 Å². The number of aliphatic hydroxyl groups excluding tert-OH is 1. The third-order valence-corrected chi connectivity index (χ3v) is 9.40. The summed E-state index contributed by atoms with van der Waals surface area (Å²) in [6.07, 6.45) is -0.0940. The first-order valence-corrected chi connectivity index (χ1v) is 17.4. The number of aryl methyl sites for hydroxylation is 1.